The number of nitrogens with one attached hydrogen (secondary N) is 2. The minimum absolute atomic E-state index is 0.256. The number of imide groups is 1. The van der Waals surface area contributed by atoms with Crippen molar-refractivity contribution >= 4 is 11.9 Å². The van der Waals surface area contributed by atoms with Crippen molar-refractivity contribution in [3.05, 3.63) is 0 Å². The SMILES string of the molecule is CC(C)CNC(=O)NC(=O)CN1CCC(CN)C1. The highest BCUT2D eigenvalue weighted by Crippen LogP contribution is 2.13. The van der Waals surface area contributed by atoms with E-state index in [0.717, 1.165) is 19.5 Å². The van der Waals surface area contributed by atoms with Crippen LogP contribution in [-0.4, -0.2) is 49.6 Å². The number of likely N-dealkylation sites (tertiary alicyclic amines) is 1. The third-order valence-electron chi connectivity index (χ3n) is 2.99. The van der Waals surface area contributed by atoms with Gasteiger partial charge in [0.05, 0.1) is 6.54 Å². The first-order valence-corrected chi connectivity index (χ1v) is 6.51. The summed E-state index contributed by atoms with van der Waals surface area (Å²) in [5.74, 6) is 0.594. The van der Waals surface area contributed by atoms with Gasteiger partial charge in [-0.15, -0.1) is 0 Å². The summed E-state index contributed by atoms with van der Waals surface area (Å²) >= 11 is 0. The lowest BCUT2D eigenvalue weighted by Gasteiger charge is -2.15. The van der Waals surface area contributed by atoms with Gasteiger partial charge in [-0.05, 0) is 31.3 Å². The van der Waals surface area contributed by atoms with Crippen molar-refractivity contribution in [1.29, 1.82) is 0 Å². The number of hydrogen-bond donors (Lipinski definition) is 3. The van der Waals surface area contributed by atoms with Crippen molar-refractivity contribution in [3.63, 3.8) is 0 Å². The van der Waals surface area contributed by atoms with E-state index in [2.05, 4.69) is 10.6 Å². The first-order chi connectivity index (χ1) is 8.51. The molecule has 1 fully saturated rings. The number of hydrogen-bond acceptors (Lipinski definition) is 4. The number of nitrogens with zero attached hydrogens (tertiary/aromatic N) is 1. The minimum Gasteiger partial charge on any atom is -0.338 e. The standard InChI is InChI=1S/C12H24N4O2/c1-9(2)6-14-12(18)15-11(17)8-16-4-3-10(5-13)7-16/h9-10H,3-8,13H2,1-2H3,(H2,14,15,17,18). The fourth-order valence-electron chi connectivity index (χ4n) is 1.96. The van der Waals surface area contributed by atoms with Crippen molar-refractivity contribution in [3.8, 4) is 0 Å². The average Bonchev–Trinajstić information content (AvgIpc) is 2.73. The van der Waals surface area contributed by atoms with E-state index in [4.69, 9.17) is 5.73 Å². The lowest BCUT2D eigenvalue weighted by molar-refractivity contribution is -0.120. The fraction of sp³-hybridized carbons (Fsp3) is 0.833. The maximum absolute atomic E-state index is 11.6. The smallest absolute Gasteiger partial charge is 0.321 e. The van der Waals surface area contributed by atoms with Crippen LogP contribution in [0.3, 0.4) is 0 Å². The van der Waals surface area contributed by atoms with Crippen molar-refractivity contribution in [2.45, 2.75) is 20.3 Å². The lowest BCUT2D eigenvalue weighted by Crippen LogP contribution is -2.45. The van der Waals surface area contributed by atoms with E-state index in [1.807, 2.05) is 18.7 Å². The van der Waals surface area contributed by atoms with Gasteiger partial charge in [0.15, 0.2) is 0 Å². The number of urea groups is 1. The van der Waals surface area contributed by atoms with Crippen molar-refractivity contribution < 1.29 is 9.59 Å². The van der Waals surface area contributed by atoms with E-state index in [1.54, 1.807) is 0 Å². The molecule has 3 amide bonds. The summed E-state index contributed by atoms with van der Waals surface area (Å²) in [5, 5.41) is 4.98. The second-order valence-electron chi connectivity index (χ2n) is 5.28. The molecule has 1 atom stereocenters. The molecule has 0 aliphatic carbocycles. The molecular formula is C12H24N4O2. The van der Waals surface area contributed by atoms with Gasteiger partial charge in [0.1, 0.15) is 0 Å². The monoisotopic (exact) mass is 256 g/mol. The van der Waals surface area contributed by atoms with Crippen LogP contribution in [0, 0.1) is 11.8 Å². The van der Waals surface area contributed by atoms with E-state index >= 15 is 0 Å². The van der Waals surface area contributed by atoms with Crippen LogP contribution >= 0.6 is 0 Å². The van der Waals surface area contributed by atoms with Crippen molar-refractivity contribution in [2.24, 2.45) is 17.6 Å². The second kappa shape index (κ2) is 7.33. The number of carbonyl (C=O) groups is 2. The number of amides is 3. The zero-order valence-electron chi connectivity index (χ0n) is 11.2. The summed E-state index contributed by atoms with van der Waals surface area (Å²) in [6.45, 7) is 7.22. The minimum atomic E-state index is -0.414. The third kappa shape index (κ3) is 5.46. The molecule has 1 rings (SSSR count). The highest BCUT2D eigenvalue weighted by Gasteiger charge is 2.23. The van der Waals surface area contributed by atoms with Crippen LogP contribution in [0.25, 0.3) is 0 Å². The molecule has 6 heteroatoms. The number of rotatable bonds is 5. The maximum atomic E-state index is 11.6. The van der Waals surface area contributed by atoms with Crippen LogP contribution in [0.2, 0.25) is 0 Å². The third-order valence-corrected chi connectivity index (χ3v) is 2.99. The molecule has 1 heterocycles. The zero-order chi connectivity index (χ0) is 13.5. The Morgan fingerprint density at radius 1 is 1.44 bits per heavy atom. The van der Waals surface area contributed by atoms with Gasteiger partial charge >= 0.3 is 6.03 Å². The molecule has 18 heavy (non-hydrogen) atoms. The Kier molecular flexibility index (Phi) is 6.07. The van der Waals surface area contributed by atoms with Crippen LogP contribution in [0.1, 0.15) is 20.3 Å². The Labute approximate surface area is 108 Å². The van der Waals surface area contributed by atoms with Crippen LogP contribution in [-0.2, 0) is 4.79 Å². The quantitative estimate of drug-likeness (QED) is 0.633. The second-order valence-corrected chi connectivity index (χ2v) is 5.28. The predicted molar refractivity (Wildman–Crippen MR) is 70.0 cm³/mol. The zero-order valence-corrected chi connectivity index (χ0v) is 11.2. The lowest BCUT2D eigenvalue weighted by atomic mass is 10.1. The molecule has 0 saturated carbocycles. The molecule has 104 valence electrons. The molecule has 6 nitrogen and oxygen atoms in total. The summed E-state index contributed by atoms with van der Waals surface area (Å²) in [5.41, 5.74) is 5.58. The fourth-order valence-corrected chi connectivity index (χ4v) is 1.96. The molecule has 1 aliphatic heterocycles. The van der Waals surface area contributed by atoms with E-state index in [-0.39, 0.29) is 12.5 Å². The van der Waals surface area contributed by atoms with Gasteiger partial charge in [-0.3, -0.25) is 15.0 Å². The largest absolute Gasteiger partial charge is 0.338 e. The Bertz CT molecular complexity index is 294. The summed E-state index contributed by atoms with van der Waals surface area (Å²) in [6.07, 6.45) is 1.03. The molecule has 0 aromatic heterocycles. The topological polar surface area (TPSA) is 87.5 Å². The van der Waals surface area contributed by atoms with Gasteiger partial charge in [-0.25, -0.2) is 4.79 Å². The summed E-state index contributed by atoms with van der Waals surface area (Å²) in [7, 11) is 0. The Balaban J connectivity index is 2.19. The first kappa shape index (κ1) is 14.9. The molecule has 1 unspecified atom stereocenters. The van der Waals surface area contributed by atoms with Crippen molar-refractivity contribution in [1.82, 2.24) is 15.5 Å². The van der Waals surface area contributed by atoms with Gasteiger partial charge in [0.2, 0.25) is 5.91 Å². The summed E-state index contributed by atoms with van der Waals surface area (Å²) in [4.78, 5) is 25.0. The van der Waals surface area contributed by atoms with Gasteiger partial charge in [-0.1, -0.05) is 13.8 Å². The first-order valence-electron chi connectivity index (χ1n) is 6.51. The van der Waals surface area contributed by atoms with Crippen LogP contribution in [0.4, 0.5) is 4.79 Å². The molecule has 0 bridgehead atoms. The Hall–Kier alpha value is -1.14. The Morgan fingerprint density at radius 2 is 2.17 bits per heavy atom. The van der Waals surface area contributed by atoms with Gasteiger partial charge in [0.25, 0.3) is 0 Å². The highest BCUT2D eigenvalue weighted by atomic mass is 16.2. The average molecular weight is 256 g/mol. The molecule has 0 aromatic carbocycles. The van der Waals surface area contributed by atoms with Crippen LogP contribution in [0.5, 0.6) is 0 Å². The van der Waals surface area contributed by atoms with Crippen LogP contribution < -0.4 is 16.4 Å². The molecule has 0 aromatic rings. The van der Waals surface area contributed by atoms with Crippen molar-refractivity contribution in [2.75, 3.05) is 32.7 Å². The van der Waals surface area contributed by atoms with Gasteiger partial charge in [-0.2, -0.15) is 0 Å². The summed E-state index contributed by atoms with van der Waals surface area (Å²) in [6, 6.07) is -0.414. The van der Waals surface area contributed by atoms with E-state index < -0.39 is 6.03 Å². The van der Waals surface area contributed by atoms with E-state index in [1.165, 1.54) is 0 Å². The van der Waals surface area contributed by atoms with E-state index in [0.29, 0.717) is 24.9 Å². The molecule has 1 aliphatic rings. The van der Waals surface area contributed by atoms with Gasteiger partial charge in [0, 0.05) is 13.1 Å². The normalized spacial score (nSPS) is 20.1. The van der Waals surface area contributed by atoms with E-state index in [9.17, 15) is 9.59 Å². The molecular weight excluding hydrogens is 232 g/mol. The van der Waals surface area contributed by atoms with Crippen LogP contribution in [0.15, 0.2) is 0 Å². The molecule has 0 spiro atoms. The molecule has 4 N–H and O–H groups in total. The Morgan fingerprint density at radius 3 is 2.72 bits per heavy atom. The summed E-state index contributed by atoms with van der Waals surface area (Å²) < 4.78 is 0. The molecule has 1 saturated heterocycles. The number of nitrogens with two attached hydrogens (primary N) is 1. The van der Waals surface area contributed by atoms with Gasteiger partial charge < -0.3 is 11.1 Å². The maximum Gasteiger partial charge on any atom is 0.321 e. The number of carbonyl (C=O) groups excluding carboxylic acids is 2. The molecule has 0 radical (unpaired) electrons. The predicted octanol–water partition coefficient (Wildman–Crippen LogP) is -0.251. The highest BCUT2D eigenvalue weighted by molar-refractivity contribution is 5.95.